The Morgan fingerprint density at radius 1 is 1.21 bits per heavy atom. The van der Waals surface area contributed by atoms with Gasteiger partial charge in [0.05, 0.1) is 11.0 Å². The lowest BCUT2D eigenvalue weighted by molar-refractivity contribution is -0.130. The van der Waals surface area contributed by atoms with Crippen molar-refractivity contribution in [1.29, 1.82) is 0 Å². The van der Waals surface area contributed by atoms with Gasteiger partial charge in [0.2, 0.25) is 15.9 Å². The molecule has 1 aromatic rings. The van der Waals surface area contributed by atoms with Crippen LogP contribution in [-0.2, 0) is 19.6 Å². The highest BCUT2D eigenvalue weighted by atomic mass is 32.2. The fourth-order valence-corrected chi connectivity index (χ4v) is 4.99. The molecule has 0 aliphatic carbocycles. The molecule has 0 aromatic heterocycles. The zero-order valence-corrected chi connectivity index (χ0v) is 14.0. The Bertz CT molecular complexity index is 717. The molecule has 0 saturated carbocycles. The lowest BCUT2D eigenvalue weighted by Gasteiger charge is -2.33. The Labute approximate surface area is 140 Å². The largest absolute Gasteiger partial charge is 0.367 e. The van der Waals surface area contributed by atoms with Gasteiger partial charge >= 0.3 is 0 Å². The molecule has 2 N–H and O–H groups in total. The number of carbonyl (C=O) groups excluding carboxylic acids is 1. The van der Waals surface area contributed by atoms with E-state index in [1.165, 1.54) is 22.5 Å². The Balaban J connectivity index is 1.62. The number of ether oxygens (including phenoxy) is 1. The maximum Gasteiger partial charge on any atom is 0.246 e. The quantitative estimate of drug-likeness (QED) is 0.879. The molecule has 0 bridgehead atoms. The van der Waals surface area contributed by atoms with E-state index in [1.807, 2.05) is 0 Å². The number of sulfonamides is 1. The predicted molar refractivity (Wildman–Crippen MR) is 85.0 cm³/mol. The number of nitrogens with two attached hydrogens (primary N) is 1. The molecule has 2 aliphatic rings. The molecule has 2 fully saturated rings. The number of amides is 1. The topological polar surface area (TPSA) is 89.7 Å². The molecular formula is C16H21FN2O4S. The summed E-state index contributed by atoms with van der Waals surface area (Å²) in [5.41, 5.74) is 5.26. The molecule has 8 heteroatoms. The van der Waals surface area contributed by atoms with Gasteiger partial charge in [-0.25, -0.2) is 12.8 Å². The first-order valence-electron chi connectivity index (χ1n) is 8.08. The molecule has 2 aliphatic heterocycles. The predicted octanol–water partition coefficient (Wildman–Crippen LogP) is 1.26. The Kier molecular flexibility index (Phi) is 4.89. The maximum absolute atomic E-state index is 13.3. The second-order valence-electron chi connectivity index (χ2n) is 6.34. The van der Waals surface area contributed by atoms with Gasteiger partial charge in [-0.3, -0.25) is 4.79 Å². The lowest BCUT2D eigenvalue weighted by atomic mass is 9.90. The van der Waals surface area contributed by atoms with Gasteiger partial charge in [-0.05, 0) is 49.8 Å². The molecule has 132 valence electrons. The van der Waals surface area contributed by atoms with Gasteiger partial charge in [0.15, 0.2) is 0 Å². The number of hydrogen-bond donors (Lipinski definition) is 1. The Hall–Kier alpha value is -1.51. The summed E-state index contributed by atoms with van der Waals surface area (Å²) < 4.78 is 45.5. The van der Waals surface area contributed by atoms with Crippen LogP contribution >= 0.6 is 0 Å². The van der Waals surface area contributed by atoms with Crippen molar-refractivity contribution in [1.82, 2.24) is 4.31 Å². The third-order valence-electron chi connectivity index (χ3n) is 4.83. The van der Waals surface area contributed by atoms with Crippen molar-refractivity contribution >= 4 is 15.9 Å². The summed E-state index contributed by atoms with van der Waals surface area (Å²) in [6.07, 6.45) is 2.15. The second kappa shape index (κ2) is 6.78. The van der Waals surface area contributed by atoms with Crippen molar-refractivity contribution in [2.75, 3.05) is 13.1 Å². The summed E-state index contributed by atoms with van der Waals surface area (Å²) in [4.78, 5) is 11.2. The number of nitrogens with zero attached hydrogens (tertiary/aromatic N) is 1. The van der Waals surface area contributed by atoms with Crippen LogP contribution < -0.4 is 5.73 Å². The summed E-state index contributed by atoms with van der Waals surface area (Å²) >= 11 is 0. The Morgan fingerprint density at radius 3 is 2.50 bits per heavy atom. The Morgan fingerprint density at radius 2 is 1.92 bits per heavy atom. The number of carbonyl (C=O) groups is 1. The fraction of sp³-hybridized carbons (Fsp3) is 0.562. The van der Waals surface area contributed by atoms with Crippen LogP contribution in [0.25, 0.3) is 0 Å². The van der Waals surface area contributed by atoms with Gasteiger partial charge in [0, 0.05) is 13.1 Å². The third-order valence-corrected chi connectivity index (χ3v) is 6.72. The van der Waals surface area contributed by atoms with Gasteiger partial charge in [0.25, 0.3) is 0 Å². The average Bonchev–Trinajstić information content (AvgIpc) is 3.05. The van der Waals surface area contributed by atoms with Crippen molar-refractivity contribution in [3.63, 3.8) is 0 Å². The van der Waals surface area contributed by atoms with Gasteiger partial charge in [-0.2, -0.15) is 4.31 Å². The van der Waals surface area contributed by atoms with E-state index in [1.54, 1.807) is 0 Å². The summed E-state index contributed by atoms with van der Waals surface area (Å²) in [5.74, 6) is -0.792. The SMILES string of the molecule is NC(=O)[C@H]1CC[C@@H](C2CCN(S(=O)(=O)c3cccc(F)c3)CC2)O1. The zero-order chi connectivity index (χ0) is 17.3. The van der Waals surface area contributed by atoms with E-state index < -0.39 is 27.9 Å². The first-order valence-corrected chi connectivity index (χ1v) is 9.52. The minimum atomic E-state index is -3.68. The van der Waals surface area contributed by atoms with Crippen molar-refractivity contribution < 1.29 is 22.3 Å². The molecule has 0 radical (unpaired) electrons. The first kappa shape index (κ1) is 17.3. The van der Waals surface area contributed by atoms with Crippen LogP contribution in [0.4, 0.5) is 4.39 Å². The molecule has 24 heavy (non-hydrogen) atoms. The highest BCUT2D eigenvalue weighted by Crippen LogP contribution is 2.33. The smallest absolute Gasteiger partial charge is 0.246 e. The van der Waals surface area contributed by atoms with E-state index in [9.17, 15) is 17.6 Å². The normalized spacial score (nSPS) is 26.5. The lowest BCUT2D eigenvalue weighted by Crippen LogP contribution is -2.41. The summed E-state index contributed by atoms with van der Waals surface area (Å²) in [6, 6.07) is 5.06. The highest BCUT2D eigenvalue weighted by Gasteiger charge is 2.38. The second-order valence-corrected chi connectivity index (χ2v) is 8.28. The molecule has 1 amide bonds. The van der Waals surface area contributed by atoms with Crippen molar-refractivity contribution in [2.24, 2.45) is 11.7 Å². The maximum atomic E-state index is 13.3. The highest BCUT2D eigenvalue weighted by molar-refractivity contribution is 7.89. The number of benzene rings is 1. The van der Waals surface area contributed by atoms with E-state index in [-0.39, 0.29) is 16.9 Å². The van der Waals surface area contributed by atoms with Crippen LogP contribution in [0.3, 0.4) is 0 Å². The minimum Gasteiger partial charge on any atom is -0.367 e. The van der Waals surface area contributed by atoms with E-state index >= 15 is 0 Å². The molecule has 0 spiro atoms. The standard InChI is InChI=1S/C16H21FN2O4S/c17-12-2-1-3-13(10-12)24(21,22)19-8-6-11(7-9-19)14-4-5-15(23-14)16(18)20/h1-3,10-11,14-15H,4-9H2,(H2,18,20)/t14-,15+/m0/s1. The minimum absolute atomic E-state index is 0.0214. The number of halogens is 1. The van der Waals surface area contributed by atoms with Gasteiger partial charge in [-0.15, -0.1) is 0 Å². The van der Waals surface area contributed by atoms with Crippen molar-refractivity contribution in [3.05, 3.63) is 30.1 Å². The number of rotatable bonds is 4. The van der Waals surface area contributed by atoms with E-state index in [2.05, 4.69) is 0 Å². The van der Waals surface area contributed by atoms with Crippen LogP contribution in [0.1, 0.15) is 25.7 Å². The van der Waals surface area contributed by atoms with Crippen LogP contribution in [0.15, 0.2) is 29.2 Å². The van der Waals surface area contributed by atoms with Crippen LogP contribution in [0.2, 0.25) is 0 Å². The molecule has 1 aromatic carbocycles. The average molecular weight is 356 g/mol. The molecule has 0 unspecified atom stereocenters. The van der Waals surface area contributed by atoms with Gasteiger partial charge in [-0.1, -0.05) is 6.07 Å². The molecule has 3 rings (SSSR count). The van der Waals surface area contributed by atoms with Gasteiger partial charge in [0.1, 0.15) is 11.9 Å². The number of primary amides is 1. The molecule has 2 atom stereocenters. The van der Waals surface area contributed by atoms with Crippen LogP contribution in [0, 0.1) is 11.7 Å². The molecule has 2 saturated heterocycles. The summed E-state index contributed by atoms with van der Waals surface area (Å²) in [6.45, 7) is 0.731. The van der Waals surface area contributed by atoms with E-state index in [0.717, 1.165) is 12.5 Å². The number of piperidine rings is 1. The zero-order valence-electron chi connectivity index (χ0n) is 13.2. The van der Waals surface area contributed by atoms with Gasteiger partial charge < -0.3 is 10.5 Å². The van der Waals surface area contributed by atoms with Crippen LogP contribution in [-0.4, -0.2) is 43.9 Å². The van der Waals surface area contributed by atoms with E-state index in [4.69, 9.17) is 10.5 Å². The summed E-state index contributed by atoms with van der Waals surface area (Å²) in [5, 5.41) is 0. The monoisotopic (exact) mass is 356 g/mol. The molecule has 6 nitrogen and oxygen atoms in total. The molecule has 2 heterocycles. The van der Waals surface area contributed by atoms with E-state index in [0.29, 0.717) is 32.4 Å². The number of hydrogen-bond acceptors (Lipinski definition) is 4. The third kappa shape index (κ3) is 3.45. The first-order chi connectivity index (χ1) is 11.4. The molecular weight excluding hydrogens is 335 g/mol. The summed E-state index contributed by atoms with van der Waals surface area (Å²) in [7, 11) is -3.68. The van der Waals surface area contributed by atoms with Crippen molar-refractivity contribution in [2.45, 2.75) is 42.8 Å². The van der Waals surface area contributed by atoms with Crippen molar-refractivity contribution in [3.8, 4) is 0 Å². The van der Waals surface area contributed by atoms with Crippen LogP contribution in [0.5, 0.6) is 0 Å². The fourth-order valence-electron chi connectivity index (χ4n) is 3.48.